The van der Waals surface area contributed by atoms with E-state index in [9.17, 15) is 10.1 Å². The number of pyridine rings is 1. The van der Waals surface area contributed by atoms with E-state index in [0.717, 1.165) is 6.20 Å². The van der Waals surface area contributed by atoms with E-state index in [2.05, 4.69) is 4.98 Å². The number of hydrogen-bond acceptors (Lipinski definition) is 5. The fourth-order valence-electron chi connectivity index (χ4n) is 1.11. The third-order valence-corrected chi connectivity index (χ3v) is 1.87. The smallest absolute Gasteiger partial charge is 0.287 e. The molecule has 2 heterocycles. The van der Waals surface area contributed by atoms with E-state index in [-0.39, 0.29) is 12.3 Å². The SMILES string of the molecule is O=[N+]([O-])c1ccc(OCc2ccco2)nc1. The molecule has 0 amide bonds. The van der Waals surface area contributed by atoms with Crippen molar-refractivity contribution in [3.63, 3.8) is 0 Å². The molecule has 0 fully saturated rings. The van der Waals surface area contributed by atoms with Crippen LogP contribution in [0.2, 0.25) is 0 Å². The average Bonchev–Trinajstić information content (AvgIpc) is 2.80. The lowest BCUT2D eigenvalue weighted by molar-refractivity contribution is -0.385. The molecule has 0 aliphatic carbocycles. The van der Waals surface area contributed by atoms with Crippen molar-refractivity contribution in [2.75, 3.05) is 0 Å². The highest BCUT2D eigenvalue weighted by Gasteiger charge is 2.06. The molecule has 0 spiro atoms. The van der Waals surface area contributed by atoms with E-state index >= 15 is 0 Å². The molecule has 6 nitrogen and oxygen atoms in total. The summed E-state index contributed by atoms with van der Waals surface area (Å²) >= 11 is 0. The molecule has 0 aliphatic heterocycles. The van der Waals surface area contributed by atoms with Crippen LogP contribution in [0.25, 0.3) is 0 Å². The second-order valence-corrected chi connectivity index (χ2v) is 2.98. The molecule has 0 aliphatic rings. The van der Waals surface area contributed by atoms with Gasteiger partial charge < -0.3 is 9.15 Å². The van der Waals surface area contributed by atoms with Gasteiger partial charge in [-0.05, 0) is 12.1 Å². The van der Waals surface area contributed by atoms with Gasteiger partial charge in [-0.15, -0.1) is 0 Å². The Balaban J connectivity index is 1.98. The first kappa shape index (κ1) is 10.2. The Hall–Kier alpha value is -2.37. The lowest BCUT2D eigenvalue weighted by Crippen LogP contribution is -1.96. The molecule has 2 rings (SSSR count). The van der Waals surface area contributed by atoms with Crippen molar-refractivity contribution >= 4 is 5.69 Å². The van der Waals surface area contributed by atoms with Gasteiger partial charge >= 0.3 is 0 Å². The van der Waals surface area contributed by atoms with Crippen LogP contribution in [-0.2, 0) is 6.61 Å². The Kier molecular flexibility index (Phi) is 2.81. The van der Waals surface area contributed by atoms with Gasteiger partial charge in [-0.25, -0.2) is 4.98 Å². The fraction of sp³-hybridized carbons (Fsp3) is 0.100. The average molecular weight is 220 g/mol. The Labute approximate surface area is 90.6 Å². The Bertz CT molecular complexity index is 464. The largest absolute Gasteiger partial charge is 0.469 e. The molecular weight excluding hydrogens is 212 g/mol. The minimum Gasteiger partial charge on any atom is -0.469 e. The van der Waals surface area contributed by atoms with Crippen molar-refractivity contribution < 1.29 is 14.1 Å². The first-order valence-corrected chi connectivity index (χ1v) is 4.51. The van der Waals surface area contributed by atoms with E-state index in [4.69, 9.17) is 9.15 Å². The normalized spacial score (nSPS) is 10.0. The van der Waals surface area contributed by atoms with Crippen molar-refractivity contribution in [1.29, 1.82) is 0 Å². The zero-order valence-electron chi connectivity index (χ0n) is 8.20. The summed E-state index contributed by atoms with van der Waals surface area (Å²) in [5, 5.41) is 10.4. The van der Waals surface area contributed by atoms with Gasteiger partial charge in [0.15, 0.2) is 0 Å². The van der Waals surface area contributed by atoms with Crippen LogP contribution in [0.1, 0.15) is 5.76 Å². The van der Waals surface area contributed by atoms with Crippen molar-refractivity contribution in [3.8, 4) is 5.88 Å². The van der Waals surface area contributed by atoms with Gasteiger partial charge in [0.25, 0.3) is 5.69 Å². The maximum Gasteiger partial charge on any atom is 0.287 e. The number of aromatic nitrogens is 1. The fourth-order valence-corrected chi connectivity index (χ4v) is 1.11. The first-order valence-electron chi connectivity index (χ1n) is 4.51. The molecule has 6 heteroatoms. The van der Waals surface area contributed by atoms with Crippen molar-refractivity contribution in [2.24, 2.45) is 0 Å². The highest BCUT2D eigenvalue weighted by Crippen LogP contribution is 2.14. The molecule has 0 saturated carbocycles. The standard InChI is InChI=1S/C10H8N2O4/c13-12(14)8-3-4-10(11-6-8)16-7-9-2-1-5-15-9/h1-6H,7H2. The number of nitro groups is 1. The van der Waals surface area contributed by atoms with E-state index < -0.39 is 4.92 Å². The lowest BCUT2D eigenvalue weighted by Gasteiger charge is -2.01. The van der Waals surface area contributed by atoms with E-state index in [1.807, 2.05) is 0 Å². The minimum absolute atomic E-state index is 0.0645. The molecule has 2 aromatic rings. The van der Waals surface area contributed by atoms with Gasteiger partial charge in [-0.3, -0.25) is 10.1 Å². The topological polar surface area (TPSA) is 78.4 Å². The molecule has 82 valence electrons. The number of hydrogen-bond donors (Lipinski definition) is 0. The van der Waals surface area contributed by atoms with Gasteiger partial charge in [0.1, 0.15) is 18.6 Å². The second-order valence-electron chi connectivity index (χ2n) is 2.98. The van der Waals surface area contributed by atoms with Crippen molar-refractivity contribution in [2.45, 2.75) is 6.61 Å². The maximum absolute atomic E-state index is 10.4. The summed E-state index contributed by atoms with van der Waals surface area (Å²) in [4.78, 5) is 13.6. The highest BCUT2D eigenvalue weighted by atomic mass is 16.6. The summed E-state index contributed by atoms with van der Waals surface area (Å²) < 4.78 is 10.3. The monoisotopic (exact) mass is 220 g/mol. The number of ether oxygens (including phenoxy) is 1. The van der Waals surface area contributed by atoms with Crippen LogP contribution in [0.15, 0.2) is 41.1 Å². The molecule has 2 aromatic heterocycles. The van der Waals surface area contributed by atoms with Crippen molar-refractivity contribution in [1.82, 2.24) is 4.98 Å². The zero-order chi connectivity index (χ0) is 11.4. The Morgan fingerprint density at radius 3 is 2.88 bits per heavy atom. The number of nitrogens with zero attached hydrogens (tertiary/aromatic N) is 2. The van der Waals surface area contributed by atoms with Gasteiger partial charge in [-0.1, -0.05) is 0 Å². The Morgan fingerprint density at radius 2 is 2.31 bits per heavy atom. The predicted octanol–water partition coefficient (Wildman–Crippen LogP) is 2.16. The molecular formula is C10H8N2O4. The van der Waals surface area contributed by atoms with Crippen LogP contribution in [0.3, 0.4) is 0 Å². The van der Waals surface area contributed by atoms with Gasteiger partial charge in [0, 0.05) is 12.1 Å². The summed E-state index contributed by atoms with van der Waals surface area (Å²) in [6.45, 7) is 0.248. The molecule has 0 atom stereocenters. The van der Waals surface area contributed by atoms with Gasteiger partial charge in [0.2, 0.25) is 5.88 Å². The van der Waals surface area contributed by atoms with E-state index in [1.54, 1.807) is 18.4 Å². The first-order chi connectivity index (χ1) is 7.75. The molecule has 0 bridgehead atoms. The summed E-state index contributed by atoms with van der Waals surface area (Å²) in [7, 11) is 0. The molecule has 0 aromatic carbocycles. The lowest BCUT2D eigenvalue weighted by atomic mass is 10.4. The third kappa shape index (κ3) is 2.35. The highest BCUT2D eigenvalue weighted by molar-refractivity contribution is 5.28. The number of rotatable bonds is 4. The molecule has 0 N–H and O–H groups in total. The van der Waals surface area contributed by atoms with Crippen LogP contribution >= 0.6 is 0 Å². The molecule has 16 heavy (non-hydrogen) atoms. The Morgan fingerprint density at radius 1 is 1.44 bits per heavy atom. The summed E-state index contributed by atoms with van der Waals surface area (Å²) in [6.07, 6.45) is 2.69. The van der Waals surface area contributed by atoms with Crippen LogP contribution in [0, 0.1) is 10.1 Å². The predicted molar refractivity (Wildman–Crippen MR) is 53.9 cm³/mol. The van der Waals surface area contributed by atoms with E-state index in [0.29, 0.717) is 11.6 Å². The third-order valence-electron chi connectivity index (χ3n) is 1.87. The maximum atomic E-state index is 10.4. The van der Waals surface area contributed by atoms with Gasteiger partial charge in [0.05, 0.1) is 11.2 Å². The van der Waals surface area contributed by atoms with E-state index in [1.165, 1.54) is 12.1 Å². The minimum atomic E-state index is -0.511. The van der Waals surface area contributed by atoms with Crippen LogP contribution in [0.4, 0.5) is 5.69 Å². The molecule has 0 saturated heterocycles. The van der Waals surface area contributed by atoms with Crippen molar-refractivity contribution in [3.05, 3.63) is 52.6 Å². The quantitative estimate of drug-likeness (QED) is 0.582. The van der Waals surface area contributed by atoms with Crippen LogP contribution < -0.4 is 4.74 Å². The zero-order valence-corrected chi connectivity index (χ0v) is 8.20. The molecule has 0 radical (unpaired) electrons. The molecule has 0 unspecified atom stereocenters. The van der Waals surface area contributed by atoms with Crippen LogP contribution in [0.5, 0.6) is 5.88 Å². The van der Waals surface area contributed by atoms with Crippen LogP contribution in [-0.4, -0.2) is 9.91 Å². The van der Waals surface area contributed by atoms with Gasteiger partial charge in [-0.2, -0.15) is 0 Å². The second kappa shape index (κ2) is 4.43. The number of furan rings is 1. The summed E-state index contributed by atoms with van der Waals surface area (Å²) in [5.74, 6) is 0.988. The summed E-state index contributed by atoms with van der Waals surface area (Å²) in [5.41, 5.74) is -0.0645. The summed E-state index contributed by atoms with van der Waals surface area (Å²) in [6, 6.07) is 6.30.